The highest BCUT2D eigenvalue weighted by atomic mass is 32.2. The molecule has 0 saturated heterocycles. The largest absolute Gasteiger partial charge is 0.366 e. The van der Waals surface area contributed by atoms with Crippen molar-refractivity contribution < 1.29 is 18.0 Å². The molecule has 7 nitrogen and oxygen atoms in total. The Morgan fingerprint density at radius 3 is 2.06 bits per heavy atom. The maximum Gasteiger partial charge on any atom is 0.264 e. The third-order valence-corrected chi connectivity index (χ3v) is 8.08. The summed E-state index contributed by atoms with van der Waals surface area (Å²) in [6, 6.07) is 25.4. The van der Waals surface area contributed by atoms with Gasteiger partial charge >= 0.3 is 0 Å². The normalized spacial score (nSPS) is 11.1. The van der Waals surface area contributed by atoms with E-state index in [0.717, 1.165) is 10.4 Å². The molecule has 0 aliphatic rings. The second-order valence-corrected chi connectivity index (χ2v) is 10.4. The van der Waals surface area contributed by atoms with Crippen LogP contribution in [0.2, 0.25) is 0 Å². The summed E-state index contributed by atoms with van der Waals surface area (Å²) >= 11 is 1.24. The Labute approximate surface area is 201 Å². The summed E-state index contributed by atoms with van der Waals surface area (Å²) in [5.41, 5.74) is 7.38. The maximum atomic E-state index is 12.9. The maximum absolute atomic E-state index is 12.9. The number of hydrogen-bond donors (Lipinski definition) is 2. The topological polar surface area (TPSA) is 110 Å². The number of thiophene rings is 1. The first-order valence-corrected chi connectivity index (χ1v) is 12.5. The van der Waals surface area contributed by atoms with Crippen molar-refractivity contribution in [3.8, 4) is 10.4 Å². The van der Waals surface area contributed by atoms with Gasteiger partial charge in [-0.2, -0.15) is 0 Å². The van der Waals surface area contributed by atoms with Crippen LogP contribution in [0.15, 0.2) is 95.9 Å². The van der Waals surface area contributed by atoms with Gasteiger partial charge in [0.2, 0.25) is 0 Å². The van der Waals surface area contributed by atoms with Gasteiger partial charge in [-0.1, -0.05) is 48.5 Å². The van der Waals surface area contributed by atoms with E-state index in [2.05, 4.69) is 5.32 Å². The molecule has 0 atom stereocenters. The molecule has 4 rings (SSSR count). The van der Waals surface area contributed by atoms with Crippen LogP contribution in [0.4, 0.5) is 10.7 Å². The zero-order valence-corrected chi connectivity index (χ0v) is 19.8. The molecule has 0 fully saturated rings. The van der Waals surface area contributed by atoms with Gasteiger partial charge in [0, 0.05) is 17.5 Å². The van der Waals surface area contributed by atoms with Crippen LogP contribution in [-0.4, -0.2) is 27.3 Å². The number of nitrogens with one attached hydrogen (secondary N) is 1. The SMILES string of the molecule is CN(c1ccccc1)S(=O)(=O)c1ccc(C(=O)Nc2sc(-c3ccccc3)cc2C(N)=O)cc1. The Morgan fingerprint density at radius 1 is 0.882 bits per heavy atom. The molecule has 1 aromatic heterocycles. The van der Waals surface area contributed by atoms with Gasteiger partial charge in [-0.15, -0.1) is 11.3 Å². The summed E-state index contributed by atoms with van der Waals surface area (Å²) < 4.78 is 27.1. The number of benzene rings is 3. The summed E-state index contributed by atoms with van der Waals surface area (Å²) in [5.74, 6) is -1.14. The molecule has 0 aliphatic heterocycles. The average molecular weight is 492 g/mol. The van der Waals surface area contributed by atoms with Crippen molar-refractivity contribution in [3.63, 3.8) is 0 Å². The van der Waals surface area contributed by atoms with E-state index in [4.69, 9.17) is 5.73 Å². The average Bonchev–Trinajstić information content (AvgIpc) is 3.29. The highest BCUT2D eigenvalue weighted by Gasteiger charge is 2.22. The second-order valence-electron chi connectivity index (χ2n) is 7.37. The number of sulfonamides is 1. The number of rotatable bonds is 7. The number of carbonyl (C=O) groups is 2. The van der Waals surface area contributed by atoms with Crippen molar-refractivity contribution in [2.45, 2.75) is 4.90 Å². The van der Waals surface area contributed by atoms with E-state index < -0.39 is 21.8 Å². The fraction of sp³-hybridized carbons (Fsp3) is 0.0400. The number of para-hydroxylation sites is 1. The summed E-state index contributed by atoms with van der Waals surface area (Å²) in [6.07, 6.45) is 0. The van der Waals surface area contributed by atoms with Crippen molar-refractivity contribution >= 4 is 43.9 Å². The van der Waals surface area contributed by atoms with Gasteiger partial charge in [-0.3, -0.25) is 13.9 Å². The monoisotopic (exact) mass is 491 g/mol. The van der Waals surface area contributed by atoms with E-state index in [1.807, 2.05) is 30.3 Å². The lowest BCUT2D eigenvalue weighted by Gasteiger charge is -2.19. The van der Waals surface area contributed by atoms with Crippen LogP contribution in [-0.2, 0) is 10.0 Å². The van der Waals surface area contributed by atoms with Crippen molar-refractivity contribution in [1.82, 2.24) is 0 Å². The molecule has 0 unspecified atom stereocenters. The standard InChI is InChI=1S/C25H21N3O4S2/c1-28(19-10-6-3-7-11-19)34(31,32)20-14-12-18(13-15-20)24(30)27-25-21(23(26)29)16-22(33-25)17-8-4-2-5-9-17/h2-16H,1H3,(H2,26,29)(H,27,30). The molecule has 9 heteroatoms. The van der Waals surface area contributed by atoms with Crippen LogP contribution in [0.1, 0.15) is 20.7 Å². The third-order valence-electron chi connectivity index (χ3n) is 5.18. The van der Waals surface area contributed by atoms with Gasteiger partial charge in [0.1, 0.15) is 5.00 Å². The molecule has 3 N–H and O–H groups in total. The van der Waals surface area contributed by atoms with Crippen molar-refractivity contribution in [2.75, 3.05) is 16.7 Å². The Hall–Kier alpha value is -3.95. The number of carbonyl (C=O) groups excluding carboxylic acids is 2. The lowest BCUT2D eigenvalue weighted by Crippen LogP contribution is -2.26. The smallest absolute Gasteiger partial charge is 0.264 e. The first kappa shape index (κ1) is 23.2. The van der Waals surface area contributed by atoms with Crippen molar-refractivity contribution in [2.24, 2.45) is 5.73 Å². The fourth-order valence-electron chi connectivity index (χ4n) is 3.30. The molecule has 3 aromatic carbocycles. The molecule has 0 spiro atoms. The molecule has 4 aromatic rings. The Kier molecular flexibility index (Phi) is 6.49. The van der Waals surface area contributed by atoms with Crippen LogP contribution < -0.4 is 15.4 Å². The van der Waals surface area contributed by atoms with E-state index in [1.54, 1.807) is 36.4 Å². The zero-order valence-electron chi connectivity index (χ0n) is 18.1. The minimum absolute atomic E-state index is 0.0516. The van der Waals surface area contributed by atoms with E-state index in [1.165, 1.54) is 47.0 Å². The second kappa shape index (κ2) is 9.50. The molecule has 1 heterocycles. The molecule has 0 radical (unpaired) electrons. The van der Waals surface area contributed by atoms with Crippen LogP contribution in [0.3, 0.4) is 0 Å². The fourth-order valence-corrected chi connectivity index (χ4v) is 5.56. The molecule has 0 bridgehead atoms. The van der Waals surface area contributed by atoms with Crippen LogP contribution >= 0.6 is 11.3 Å². The Morgan fingerprint density at radius 2 is 1.47 bits per heavy atom. The number of anilines is 2. The molecule has 34 heavy (non-hydrogen) atoms. The Bertz CT molecular complexity index is 1430. The predicted molar refractivity (Wildman–Crippen MR) is 135 cm³/mol. The van der Waals surface area contributed by atoms with E-state index in [9.17, 15) is 18.0 Å². The van der Waals surface area contributed by atoms with Gasteiger partial charge in [-0.25, -0.2) is 8.42 Å². The van der Waals surface area contributed by atoms with Crippen LogP contribution in [0.5, 0.6) is 0 Å². The quantitative estimate of drug-likeness (QED) is 0.394. The number of nitrogens with two attached hydrogens (primary N) is 1. The van der Waals surface area contributed by atoms with Gasteiger partial charge in [-0.05, 0) is 48.0 Å². The Balaban J connectivity index is 1.56. The van der Waals surface area contributed by atoms with E-state index >= 15 is 0 Å². The molecule has 2 amide bonds. The van der Waals surface area contributed by atoms with Crippen LogP contribution in [0.25, 0.3) is 10.4 Å². The van der Waals surface area contributed by atoms with Gasteiger partial charge in [0.25, 0.3) is 21.8 Å². The summed E-state index contributed by atoms with van der Waals surface area (Å²) in [7, 11) is -2.33. The highest BCUT2D eigenvalue weighted by Crippen LogP contribution is 2.35. The minimum atomic E-state index is -3.80. The summed E-state index contributed by atoms with van der Waals surface area (Å²) in [5, 5.41) is 3.05. The van der Waals surface area contributed by atoms with Gasteiger partial charge < -0.3 is 11.1 Å². The highest BCUT2D eigenvalue weighted by molar-refractivity contribution is 7.92. The minimum Gasteiger partial charge on any atom is -0.366 e. The van der Waals surface area contributed by atoms with Gasteiger partial charge in [0.15, 0.2) is 0 Å². The molecular formula is C25H21N3O4S2. The van der Waals surface area contributed by atoms with E-state index in [-0.39, 0.29) is 16.0 Å². The lowest BCUT2D eigenvalue weighted by molar-refractivity contribution is 0.100. The number of amides is 2. The molecular weight excluding hydrogens is 470 g/mol. The lowest BCUT2D eigenvalue weighted by atomic mass is 10.1. The molecule has 172 valence electrons. The van der Waals surface area contributed by atoms with Crippen molar-refractivity contribution in [1.29, 1.82) is 0 Å². The van der Waals surface area contributed by atoms with E-state index in [0.29, 0.717) is 10.7 Å². The molecule has 0 aliphatic carbocycles. The summed E-state index contributed by atoms with van der Waals surface area (Å²) in [4.78, 5) is 25.6. The van der Waals surface area contributed by atoms with Gasteiger partial charge in [0.05, 0.1) is 16.1 Å². The first-order valence-electron chi connectivity index (χ1n) is 10.2. The molecule has 0 saturated carbocycles. The summed E-state index contributed by atoms with van der Waals surface area (Å²) in [6.45, 7) is 0. The van der Waals surface area contributed by atoms with Crippen molar-refractivity contribution in [3.05, 3.63) is 102 Å². The zero-order chi connectivity index (χ0) is 24.3. The number of hydrogen-bond acceptors (Lipinski definition) is 5. The predicted octanol–water partition coefficient (Wildman–Crippen LogP) is 4.59. The van der Waals surface area contributed by atoms with Crippen LogP contribution in [0, 0.1) is 0 Å². The number of nitrogens with zero attached hydrogens (tertiary/aromatic N) is 1. The number of primary amides is 1. The first-order chi connectivity index (χ1) is 16.3. The third kappa shape index (κ3) is 4.70.